The predicted octanol–water partition coefficient (Wildman–Crippen LogP) is 7.19. The van der Waals surface area contributed by atoms with Gasteiger partial charge in [0.05, 0.1) is 12.0 Å². The number of hydrogen-bond acceptors (Lipinski definition) is 10. The van der Waals surface area contributed by atoms with E-state index in [1.807, 2.05) is 114 Å². The van der Waals surface area contributed by atoms with Crippen molar-refractivity contribution in [1.82, 2.24) is 36.5 Å². The molecule has 0 unspecified atom stereocenters. The van der Waals surface area contributed by atoms with E-state index in [1.54, 1.807) is 39.5 Å². The van der Waals surface area contributed by atoms with Gasteiger partial charge in [-0.25, -0.2) is 9.59 Å². The van der Waals surface area contributed by atoms with Gasteiger partial charge in [-0.05, 0) is 123 Å². The highest BCUT2D eigenvalue weighted by atomic mass is 16.6. The van der Waals surface area contributed by atoms with E-state index in [9.17, 15) is 34.0 Å². The topological polar surface area (TPSA) is 208 Å². The minimum Gasteiger partial charge on any atom is -0.445 e. The Bertz CT molecular complexity index is 2020. The molecule has 0 spiro atoms. The Labute approximate surface area is 410 Å². The van der Waals surface area contributed by atoms with Crippen molar-refractivity contribution in [1.29, 1.82) is 0 Å². The third-order valence-electron chi connectivity index (χ3n) is 12.5. The molecule has 16 heteroatoms. The molecule has 6 amide bonds. The summed E-state index contributed by atoms with van der Waals surface area (Å²) in [5.74, 6) is -2.54. The van der Waals surface area contributed by atoms with Crippen LogP contribution in [0.25, 0.3) is 0 Å². The summed E-state index contributed by atoms with van der Waals surface area (Å²) in [6, 6.07) is 15.2. The number of hydrogen-bond donors (Lipinski definition) is 6. The first kappa shape index (κ1) is 56.1. The highest BCUT2D eigenvalue weighted by molar-refractivity contribution is 5.95. The highest BCUT2D eigenvalue weighted by Gasteiger charge is 2.46. The predicted molar refractivity (Wildman–Crippen MR) is 266 cm³/mol. The van der Waals surface area contributed by atoms with Gasteiger partial charge in [0, 0.05) is 30.2 Å². The molecular weight excluding hydrogens is 879 g/mol. The number of alkyl carbamates (subject to hydrolysis) is 2. The Morgan fingerprint density at radius 2 is 1.42 bits per heavy atom. The number of amides is 6. The van der Waals surface area contributed by atoms with Crippen molar-refractivity contribution >= 4 is 35.8 Å². The van der Waals surface area contributed by atoms with Crippen LogP contribution in [0, 0.1) is 17.8 Å². The maximum absolute atomic E-state index is 14.6. The molecule has 2 aliphatic rings. The van der Waals surface area contributed by atoms with Crippen molar-refractivity contribution in [2.24, 2.45) is 17.8 Å². The van der Waals surface area contributed by atoms with Crippen LogP contribution in [0.2, 0.25) is 0 Å². The third-order valence-corrected chi connectivity index (χ3v) is 12.5. The van der Waals surface area contributed by atoms with Crippen LogP contribution >= 0.6 is 0 Å². The van der Waals surface area contributed by atoms with Crippen LogP contribution in [-0.2, 0) is 41.7 Å². The number of hydroxylamine groups is 2. The molecule has 2 heterocycles. The van der Waals surface area contributed by atoms with Crippen molar-refractivity contribution in [2.45, 2.75) is 181 Å². The standard InChI is InChI=1S/C53H81N7O9/c1-35(2)30-40(56-50(66)69-51(5,6)7)27-26-39(31-37-20-14-12-15-21-37)48(64)59-29-19-25-43(59)46(62)58-44(36(3)4)47(63)57-42(24-18-28-54-49(65)68-34-38-22-16-13-17-23-38)45(61)55-41-32-52(8,9)60(67)53(10,11)33-41/h12-17,20-23,26-27,35-36,39-44,67H,18-19,24-25,28-34H2,1-11H3,(H,54,65)(H,55,61)(H,56,66)(H,57,63)(H,58,62)/b27-26+/t39-,40-,42+,43+,44-/m1/s1. The maximum Gasteiger partial charge on any atom is 0.408 e. The Hall–Kier alpha value is -5.48. The van der Waals surface area contributed by atoms with E-state index >= 15 is 0 Å². The van der Waals surface area contributed by atoms with Crippen molar-refractivity contribution in [3.63, 3.8) is 0 Å². The Morgan fingerprint density at radius 3 is 2.00 bits per heavy atom. The first-order valence-corrected chi connectivity index (χ1v) is 24.7. The molecule has 0 radical (unpaired) electrons. The van der Waals surface area contributed by atoms with Crippen molar-refractivity contribution in [3.8, 4) is 0 Å². The fourth-order valence-electron chi connectivity index (χ4n) is 9.30. The fourth-order valence-corrected chi connectivity index (χ4v) is 9.30. The molecule has 5 atom stereocenters. The summed E-state index contributed by atoms with van der Waals surface area (Å²) in [4.78, 5) is 84.3. The summed E-state index contributed by atoms with van der Waals surface area (Å²) in [5.41, 5.74) is -0.199. The van der Waals surface area contributed by atoms with Gasteiger partial charge in [0.2, 0.25) is 23.6 Å². The molecule has 0 aliphatic carbocycles. The molecule has 2 fully saturated rings. The first-order valence-electron chi connectivity index (χ1n) is 24.7. The van der Waals surface area contributed by atoms with Crippen LogP contribution in [0.5, 0.6) is 0 Å². The number of benzene rings is 2. The van der Waals surface area contributed by atoms with E-state index < -0.39 is 82.6 Å². The molecule has 0 bridgehead atoms. The summed E-state index contributed by atoms with van der Waals surface area (Å²) in [6.07, 6.45) is 5.84. The van der Waals surface area contributed by atoms with Gasteiger partial charge in [0.1, 0.15) is 30.3 Å². The van der Waals surface area contributed by atoms with Gasteiger partial charge in [-0.15, -0.1) is 0 Å². The molecule has 382 valence electrons. The third kappa shape index (κ3) is 18.1. The molecule has 69 heavy (non-hydrogen) atoms. The molecule has 2 aromatic carbocycles. The van der Waals surface area contributed by atoms with Gasteiger partial charge < -0.3 is 46.2 Å². The molecular formula is C53H81N7O9. The quantitative estimate of drug-likeness (QED) is 0.0548. The number of carbonyl (C=O) groups excluding carboxylic acids is 6. The van der Waals surface area contributed by atoms with E-state index in [1.165, 1.54) is 5.06 Å². The van der Waals surface area contributed by atoms with Gasteiger partial charge in [0.15, 0.2) is 0 Å². The lowest BCUT2D eigenvalue weighted by Crippen LogP contribution is -2.64. The Morgan fingerprint density at radius 1 is 0.812 bits per heavy atom. The SMILES string of the molecule is CC(C)C[C@@H](/C=C/[C@H](Cc1ccccc1)C(=O)N1CCC[C@H]1C(=O)N[C@@H](C(=O)N[C@@H](CCCNC(=O)OCc1ccccc1)C(=O)NC1CC(C)(C)N(O)C(C)(C)C1)C(C)C)NC(=O)OC(C)(C)C. The second kappa shape index (κ2) is 25.4. The molecule has 16 nitrogen and oxygen atoms in total. The van der Waals surface area contributed by atoms with Crippen LogP contribution in [0.3, 0.4) is 0 Å². The molecule has 0 aromatic heterocycles. The van der Waals surface area contributed by atoms with Crippen LogP contribution in [0.4, 0.5) is 9.59 Å². The van der Waals surface area contributed by atoms with Gasteiger partial charge >= 0.3 is 12.2 Å². The van der Waals surface area contributed by atoms with Gasteiger partial charge in [-0.3, -0.25) is 19.2 Å². The van der Waals surface area contributed by atoms with Crippen molar-refractivity contribution < 1.29 is 43.4 Å². The molecule has 2 saturated heterocycles. The van der Waals surface area contributed by atoms with Crippen LogP contribution in [0.1, 0.15) is 132 Å². The van der Waals surface area contributed by atoms with E-state index in [2.05, 4.69) is 26.6 Å². The van der Waals surface area contributed by atoms with Crippen LogP contribution in [0.15, 0.2) is 72.8 Å². The second-order valence-electron chi connectivity index (χ2n) is 21.7. The van der Waals surface area contributed by atoms with Gasteiger partial charge in [-0.1, -0.05) is 101 Å². The zero-order valence-electron chi connectivity index (χ0n) is 42.9. The Kier molecular flexibility index (Phi) is 20.7. The smallest absolute Gasteiger partial charge is 0.408 e. The number of ether oxygens (including phenoxy) is 2. The zero-order chi connectivity index (χ0) is 51.1. The van der Waals surface area contributed by atoms with Crippen molar-refractivity contribution in [3.05, 3.63) is 83.9 Å². The first-order chi connectivity index (χ1) is 32.3. The van der Waals surface area contributed by atoms with E-state index in [0.29, 0.717) is 51.5 Å². The monoisotopic (exact) mass is 960 g/mol. The summed E-state index contributed by atoms with van der Waals surface area (Å²) in [6.45, 7) is 21.3. The summed E-state index contributed by atoms with van der Waals surface area (Å²) in [5, 5.41) is 26.9. The lowest BCUT2D eigenvalue weighted by Gasteiger charge is -2.51. The number of likely N-dealkylation sites (tertiary alicyclic amines) is 1. The lowest BCUT2D eigenvalue weighted by molar-refractivity contribution is -0.246. The summed E-state index contributed by atoms with van der Waals surface area (Å²) < 4.78 is 10.9. The molecule has 0 saturated carbocycles. The number of nitrogens with zero attached hydrogens (tertiary/aromatic N) is 2. The largest absolute Gasteiger partial charge is 0.445 e. The number of piperidine rings is 1. The number of rotatable bonds is 21. The maximum atomic E-state index is 14.6. The minimum absolute atomic E-state index is 0.0987. The second-order valence-corrected chi connectivity index (χ2v) is 21.7. The normalized spacial score (nSPS) is 19.0. The Balaban J connectivity index is 1.50. The molecule has 2 aromatic rings. The average Bonchev–Trinajstić information content (AvgIpc) is 3.76. The number of nitrogens with one attached hydrogen (secondary N) is 5. The highest BCUT2D eigenvalue weighted by Crippen LogP contribution is 2.36. The molecule has 2 aliphatic heterocycles. The van der Waals surface area contributed by atoms with Gasteiger partial charge in [0.25, 0.3) is 0 Å². The minimum atomic E-state index is -1.05. The van der Waals surface area contributed by atoms with Crippen LogP contribution < -0.4 is 26.6 Å². The van der Waals surface area contributed by atoms with E-state index in [0.717, 1.165) is 11.1 Å². The van der Waals surface area contributed by atoms with E-state index in [4.69, 9.17) is 9.47 Å². The zero-order valence-corrected chi connectivity index (χ0v) is 42.9. The summed E-state index contributed by atoms with van der Waals surface area (Å²) >= 11 is 0. The number of carbonyl (C=O) groups is 6. The average molecular weight is 960 g/mol. The summed E-state index contributed by atoms with van der Waals surface area (Å²) in [7, 11) is 0. The van der Waals surface area contributed by atoms with Crippen LogP contribution in [-0.4, -0.2) is 111 Å². The van der Waals surface area contributed by atoms with E-state index in [-0.39, 0.29) is 37.4 Å². The fraction of sp³-hybridized carbons (Fsp3) is 0.623. The molecule has 4 rings (SSSR count). The van der Waals surface area contributed by atoms with Crippen molar-refractivity contribution in [2.75, 3.05) is 13.1 Å². The van der Waals surface area contributed by atoms with Gasteiger partial charge in [-0.2, -0.15) is 5.06 Å². The lowest BCUT2D eigenvalue weighted by atomic mass is 9.79. The molecule has 6 N–H and O–H groups in total.